The van der Waals surface area contributed by atoms with Crippen molar-refractivity contribution < 1.29 is 9.13 Å². The highest BCUT2D eigenvalue weighted by Crippen LogP contribution is 2.19. The normalized spacial score (nSPS) is 10.6. The highest BCUT2D eigenvalue weighted by Gasteiger charge is 2.07. The van der Waals surface area contributed by atoms with E-state index >= 15 is 0 Å². The van der Waals surface area contributed by atoms with Gasteiger partial charge in [0.2, 0.25) is 0 Å². The summed E-state index contributed by atoms with van der Waals surface area (Å²) in [6.45, 7) is 1.49. The van der Waals surface area contributed by atoms with E-state index in [2.05, 4.69) is 21.2 Å². The summed E-state index contributed by atoms with van der Waals surface area (Å²) in [7, 11) is 1.49. The third-order valence-corrected chi connectivity index (χ3v) is 3.38. The maximum absolute atomic E-state index is 13.8. The number of unbranched alkanes of at least 4 members (excludes halogenated alkanes) is 3. The highest BCUT2D eigenvalue weighted by molar-refractivity contribution is 9.09. The number of alkyl halides is 1. The van der Waals surface area contributed by atoms with Crippen molar-refractivity contribution in [2.24, 2.45) is 0 Å². The summed E-state index contributed by atoms with van der Waals surface area (Å²) in [5.41, 5.74) is 0.662. The summed E-state index contributed by atoms with van der Waals surface area (Å²) in [5.74, 6) is 0.0541. The Labute approximate surface area is 117 Å². The molecular formula is C14H21BrFNO. The molecule has 0 fully saturated rings. The highest BCUT2D eigenvalue weighted by atomic mass is 79.9. The van der Waals surface area contributed by atoms with Crippen LogP contribution in [0.15, 0.2) is 18.2 Å². The van der Waals surface area contributed by atoms with E-state index in [4.69, 9.17) is 4.74 Å². The fourth-order valence-corrected chi connectivity index (χ4v) is 2.17. The molecule has 0 aliphatic rings. The summed E-state index contributed by atoms with van der Waals surface area (Å²) in [5, 5.41) is 4.34. The second kappa shape index (κ2) is 9.34. The average Bonchev–Trinajstić information content (AvgIpc) is 2.39. The van der Waals surface area contributed by atoms with Crippen LogP contribution in [0.1, 0.15) is 31.2 Å². The van der Waals surface area contributed by atoms with Crippen LogP contribution in [0.2, 0.25) is 0 Å². The van der Waals surface area contributed by atoms with Gasteiger partial charge in [0.15, 0.2) is 11.6 Å². The van der Waals surface area contributed by atoms with E-state index in [0.29, 0.717) is 17.9 Å². The van der Waals surface area contributed by atoms with Gasteiger partial charge in [-0.05, 0) is 25.5 Å². The van der Waals surface area contributed by atoms with Crippen molar-refractivity contribution in [2.75, 3.05) is 19.0 Å². The quantitative estimate of drug-likeness (QED) is 0.551. The van der Waals surface area contributed by atoms with Crippen molar-refractivity contribution in [3.8, 4) is 5.75 Å². The summed E-state index contributed by atoms with van der Waals surface area (Å²) >= 11 is 3.42. The molecule has 0 aromatic heterocycles. The van der Waals surface area contributed by atoms with Crippen LogP contribution in [0, 0.1) is 5.82 Å². The van der Waals surface area contributed by atoms with Gasteiger partial charge in [-0.25, -0.2) is 4.39 Å². The minimum atomic E-state index is -0.258. The van der Waals surface area contributed by atoms with Gasteiger partial charge in [-0.15, -0.1) is 0 Å². The van der Waals surface area contributed by atoms with Gasteiger partial charge in [0.25, 0.3) is 0 Å². The molecule has 0 unspecified atom stereocenters. The predicted octanol–water partition coefficient (Wildman–Crippen LogP) is 3.88. The molecule has 0 aliphatic heterocycles. The number of benzene rings is 1. The van der Waals surface area contributed by atoms with Gasteiger partial charge < -0.3 is 10.1 Å². The first-order chi connectivity index (χ1) is 8.79. The van der Waals surface area contributed by atoms with Crippen molar-refractivity contribution in [1.29, 1.82) is 0 Å². The molecular weight excluding hydrogens is 297 g/mol. The Balaban J connectivity index is 2.23. The number of nitrogens with one attached hydrogen (secondary N) is 1. The molecule has 0 spiro atoms. The van der Waals surface area contributed by atoms with Gasteiger partial charge in [0.1, 0.15) is 0 Å². The van der Waals surface area contributed by atoms with Crippen molar-refractivity contribution in [2.45, 2.75) is 32.2 Å². The SMILES string of the molecule is COc1cccc(CNCCCCCCBr)c1F. The standard InChI is InChI=1S/C14H21BrFNO/c1-18-13-8-6-7-12(14(13)16)11-17-10-5-3-2-4-9-15/h6-8,17H,2-5,9-11H2,1H3. The van der Waals surface area contributed by atoms with E-state index in [9.17, 15) is 4.39 Å². The molecule has 1 rings (SSSR count). The summed E-state index contributed by atoms with van der Waals surface area (Å²) in [4.78, 5) is 0. The third-order valence-electron chi connectivity index (χ3n) is 2.82. The smallest absolute Gasteiger partial charge is 0.169 e. The fraction of sp³-hybridized carbons (Fsp3) is 0.571. The van der Waals surface area contributed by atoms with Crippen molar-refractivity contribution >= 4 is 15.9 Å². The molecule has 0 saturated heterocycles. The maximum Gasteiger partial charge on any atom is 0.169 e. The first kappa shape index (κ1) is 15.4. The average molecular weight is 318 g/mol. The van der Waals surface area contributed by atoms with E-state index < -0.39 is 0 Å². The Morgan fingerprint density at radius 1 is 1.22 bits per heavy atom. The number of methoxy groups -OCH3 is 1. The zero-order valence-electron chi connectivity index (χ0n) is 10.8. The van der Waals surface area contributed by atoms with Gasteiger partial charge in [-0.2, -0.15) is 0 Å². The second-order valence-electron chi connectivity index (χ2n) is 4.21. The van der Waals surface area contributed by atoms with Crippen LogP contribution in [-0.4, -0.2) is 19.0 Å². The molecule has 1 aromatic carbocycles. The first-order valence-electron chi connectivity index (χ1n) is 6.37. The maximum atomic E-state index is 13.8. The van der Waals surface area contributed by atoms with Crippen LogP contribution in [-0.2, 0) is 6.54 Å². The number of ether oxygens (including phenoxy) is 1. The van der Waals surface area contributed by atoms with Crippen LogP contribution in [0.5, 0.6) is 5.75 Å². The van der Waals surface area contributed by atoms with E-state index in [1.807, 2.05) is 6.07 Å². The Morgan fingerprint density at radius 3 is 2.72 bits per heavy atom. The summed E-state index contributed by atoms with van der Waals surface area (Å²) in [6.07, 6.45) is 4.84. The molecule has 0 aliphatic carbocycles. The molecule has 18 heavy (non-hydrogen) atoms. The van der Waals surface area contributed by atoms with Crippen LogP contribution >= 0.6 is 15.9 Å². The lowest BCUT2D eigenvalue weighted by molar-refractivity contribution is 0.383. The molecule has 0 saturated carbocycles. The van der Waals surface area contributed by atoms with E-state index in [0.717, 1.165) is 18.3 Å². The fourth-order valence-electron chi connectivity index (χ4n) is 1.77. The zero-order chi connectivity index (χ0) is 13.2. The summed E-state index contributed by atoms with van der Waals surface area (Å²) in [6, 6.07) is 5.24. The first-order valence-corrected chi connectivity index (χ1v) is 7.49. The van der Waals surface area contributed by atoms with Gasteiger partial charge in [-0.3, -0.25) is 0 Å². The third kappa shape index (κ3) is 5.36. The molecule has 1 N–H and O–H groups in total. The van der Waals surface area contributed by atoms with Gasteiger partial charge in [0.05, 0.1) is 7.11 Å². The Kier molecular flexibility index (Phi) is 8.01. The topological polar surface area (TPSA) is 21.3 Å². The zero-order valence-corrected chi connectivity index (χ0v) is 12.4. The molecule has 102 valence electrons. The van der Waals surface area contributed by atoms with Crippen LogP contribution in [0.3, 0.4) is 0 Å². The summed E-state index contributed by atoms with van der Waals surface area (Å²) < 4.78 is 18.7. The van der Waals surface area contributed by atoms with Crippen LogP contribution in [0.4, 0.5) is 4.39 Å². The van der Waals surface area contributed by atoms with E-state index in [-0.39, 0.29) is 5.82 Å². The molecule has 0 atom stereocenters. The van der Waals surface area contributed by atoms with Crippen LogP contribution < -0.4 is 10.1 Å². The number of hydrogen-bond donors (Lipinski definition) is 1. The molecule has 4 heteroatoms. The molecule has 0 heterocycles. The Morgan fingerprint density at radius 2 is 2.00 bits per heavy atom. The van der Waals surface area contributed by atoms with Crippen molar-refractivity contribution in [3.63, 3.8) is 0 Å². The lowest BCUT2D eigenvalue weighted by atomic mass is 10.2. The monoisotopic (exact) mass is 317 g/mol. The molecule has 1 aromatic rings. The molecule has 0 radical (unpaired) electrons. The van der Waals surface area contributed by atoms with Crippen molar-refractivity contribution in [3.05, 3.63) is 29.6 Å². The minimum absolute atomic E-state index is 0.258. The minimum Gasteiger partial charge on any atom is -0.494 e. The lowest BCUT2D eigenvalue weighted by Gasteiger charge is -2.08. The number of rotatable bonds is 9. The van der Waals surface area contributed by atoms with Gasteiger partial charge in [0, 0.05) is 17.4 Å². The Bertz CT molecular complexity index is 347. The molecule has 0 amide bonds. The van der Waals surface area contributed by atoms with Gasteiger partial charge in [-0.1, -0.05) is 40.9 Å². The van der Waals surface area contributed by atoms with Crippen molar-refractivity contribution in [1.82, 2.24) is 5.32 Å². The molecule has 0 bridgehead atoms. The number of hydrogen-bond acceptors (Lipinski definition) is 2. The Hall–Kier alpha value is -0.610. The van der Waals surface area contributed by atoms with Crippen LogP contribution in [0.25, 0.3) is 0 Å². The molecule has 2 nitrogen and oxygen atoms in total. The van der Waals surface area contributed by atoms with E-state index in [1.165, 1.54) is 26.4 Å². The second-order valence-corrected chi connectivity index (χ2v) is 5.01. The predicted molar refractivity (Wildman–Crippen MR) is 76.9 cm³/mol. The van der Waals surface area contributed by atoms with E-state index in [1.54, 1.807) is 12.1 Å². The van der Waals surface area contributed by atoms with Gasteiger partial charge >= 0.3 is 0 Å². The number of halogens is 2. The lowest BCUT2D eigenvalue weighted by Crippen LogP contribution is -2.15. The largest absolute Gasteiger partial charge is 0.494 e.